The number of hydrogen-bond acceptors (Lipinski definition) is 3. The Hall–Kier alpha value is -1.71. The van der Waals surface area contributed by atoms with Crippen molar-refractivity contribution in [2.75, 3.05) is 5.32 Å². The Morgan fingerprint density at radius 1 is 1.36 bits per heavy atom. The second kappa shape index (κ2) is 7.52. The summed E-state index contributed by atoms with van der Waals surface area (Å²) in [6.07, 6.45) is 3.89. The number of anilines is 1. The summed E-state index contributed by atoms with van der Waals surface area (Å²) in [6, 6.07) is 6.68. The van der Waals surface area contributed by atoms with Gasteiger partial charge in [-0.15, -0.1) is 0 Å². The van der Waals surface area contributed by atoms with Crippen molar-refractivity contribution < 1.29 is 14.6 Å². The lowest BCUT2D eigenvalue weighted by molar-refractivity contribution is 0.00895. The fourth-order valence-electron chi connectivity index (χ4n) is 3.36. The maximum absolute atomic E-state index is 12.2. The predicted octanol–water partition coefficient (Wildman–Crippen LogP) is 4.79. The fraction of sp³-hybridized carbons (Fsp3) is 0.611. The summed E-state index contributed by atoms with van der Waals surface area (Å²) in [6.45, 7) is 6.57. The summed E-state index contributed by atoms with van der Waals surface area (Å²) in [5.74, 6) is 1.60. The van der Waals surface area contributed by atoms with Gasteiger partial charge in [-0.1, -0.05) is 39.3 Å². The summed E-state index contributed by atoms with van der Waals surface area (Å²) < 4.78 is 5.70. The number of carbonyl (C=O) groups is 1. The zero-order chi connectivity index (χ0) is 16.1. The third-order valence-corrected chi connectivity index (χ3v) is 4.78. The van der Waals surface area contributed by atoms with Crippen LogP contribution in [0.2, 0.25) is 0 Å². The van der Waals surface area contributed by atoms with Crippen molar-refractivity contribution in [2.24, 2.45) is 17.8 Å². The van der Waals surface area contributed by atoms with Gasteiger partial charge in [-0.05, 0) is 49.1 Å². The molecule has 0 aromatic heterocycles. The first-order valence-corrected chi connectivity index (χ1v) is 8.26. The number of phenols is 1. The lowest BCUT2D eigenvalue weighted by atomic mass is 9.74. The van der Waals surface area contributed by atoms with Crippen molar-refractivity contribution in [1.29, 1.82) is 0 Å². The van der Waals surface area contributed by atoms with Crippen LogP contribution >= 0.6 is 0 Å². The van der Waals surface area contributed by atoms with E-state index in [1.165, 1.54) is 6.42 Å². The van der Waals surface area contributed by atoms with Gasteiger partial charge in [0.25, 0.3) is 0 Å². The summed E-state index contributed by atoms with van der Waals surface area (Å²) >= 11 is 0. The highest BCUT2D eigenvalue weighted by atomic mass is 16.6. The van der Waals surface area contributed by atoms with Gasteiger partial charge >= 0.3 is 6.09 Å². The van der Waals surface area contributed by atoms with Crippen molar-refractivity contribution in [3.63, 3.8) is 0 Å². The molecule has 0 radical (unpaired) electrons. The third kappa shape index (κ3) is 4.15. The second-order valence-corrected chi connectivity index (χ2v) is 6.58. The van der Waals surface area contributed by atoms with E-state index in [1.807, 2.05) is 0 Å². The van der Waals surface area contributed by atoms with Crippen LogP contribution < -0.4 is 5.32 Å². The van der Waals surface area contributed by atoms with Crippen LogP contribution in [-0.4, -0.2) is 17.3 Å². The monoisotopic (exact) mass is 305 g/mol. The van der Waals surface area contributed by atoms with Crippen molar-refractivity contribution in [3.8, 4) is 5.75 Å². The van der Waals surface area contributed by atoms with Crippen LogP contribution in [0.15, 0.2) is 24.3 Å². The highest BCUT2D eigenvalue weighted by Crippen LogP contribution is 2.37. The number of para-hydroxylation sites is 2. The van der Waals surface area contributed by atoms with E-state index in [0.717, 1.165) is 19.3 Å². The molecule has 1 aromatic carbocycles. The lowest BCUT2D eigenvalue weighted by Gasteiger charge is -2.37. The van der Waals surface area contributed by atoms with Crippen LogP contribution in [0.1, 0.15) is 46.5 Å². The van der Waals surface area contributed by atoms with Gasteiger partial charge in [0, 0.05) is 0 Å². The minimum Gasteiger partial charge on any atom is -0.506 e. The number of nitrogens with one attached hydrogen (secondary N) is 1. The van der Waals surface area contributed by atoms with Crippen molar-refractivity contribution in [3.05, 3.63) is 24.3 Å². The van der Waals surface area contributed by atoms with Crippen LogP contribution in [0.4, 0.5) is 10.5 Å². The van der Waals surface area contributed by atoms with E-state index >= 15 is 0 Å². The van der Waals surface area contributed by atoms with Crippen molar-refractivity contribution in [2.45, 2.75) is 52.6 Å². The molecule has 2 rings (SSSR count). The van der Waals surface area contributed by atoms with Crippen molar-refractivity contribution in [1.82, 2.24) is 0 Å². The van der Waals surface area contributed by atoms with Crippen LogP contribution in [0.25, 0.3) is 0 Å². The van der Waals surface area contributed by atoms with E-state index in [4.69, 9.17) is 4.74 Å². The Bertz CT molecular complexity index is 501. The number of amides is 1. The number of phenolic OH excluding ortho intramolecular Hbond substituents is 1. The molecule has 1 aliphatic rings. The first-order chi connectivity index (χ1) is 10.5. The van der Waals surface area contributed by atoms with Gasteiger partial charge in [0.2, 0.25) is 0 Å². The zero-order valence-corrected chi connectivity index (χ0v) is 13.7. The Labute approximate surface area is 132 Å². The topological polar surface area (TPSA) is 58.6 Å². The molecule has 4 heteroatoms. The van der Waals surface area contributed by atoms with Crippen LogP contribution in [0.5, 0.6) is 5.75 Å². The van der Waals surface area contributed by atoms with Gasteiger partial charge in [-0.3, -0.25) is 5.32 Å². The molecule has 1 amide bonds. The molecule has 0 aliphatic heterocycles. The summed E-state index contributed by atoms with van der Waals surface area (Å²) in [5, 5.41) is 12.4. The molecule has 1 aliphatic carbocycles. The molecule has 0 heterocycles. The fourth-order valence-corrected chi connectivity index (χ4v) is 3.36. The molecule has 0 bridgehead atoms. The summed E-state index contributed by atoms with van der Waals surface area (Å²) in [7, 11) is 0. The number of aromatic hydroxyl groups is 1. The highest BCUT2D eigenvalue weighted by molar-refractivity contribution is 5.86. The Morgan fingerprint density at radius 2 is 2.09 bits per heavy atom. The average Bonchev–Trinajstić information content (AvgIpc) is 2.49. The molecule has 1 aromatic rings. The quantitative estimate of drug-likeness (QED) is 0.786. The molecular formula is C18H27NO3. The van der Waals surface area contributed by atoms with E-state index in [1.54, 1.807) is 24.3 Å². The summed E-state index contributed by atoms with van der Waals surface area (Å²) in [4.78, 5) is 12.2. The molecule has 1 saturated carbocycles. The van der Waals surface area contributed by atoms with Gasteiger partial charge < -0.3 is 9.84 Å². The van der Waals surface area contributed by atoms with Crippen molar-refractivity contribution >= 4 is 11.8 Å². The first kappa shape index (κ1) is 16.7. The molecule has 22 heavy (non-hydrogen) atoms. The van der Waals surface area contributed by atoms with Crippen LogP contribution in [0.3, 0.4) is 0 Å². The molecule has 122 valence electrons. The van der Waals surface area contributed by atoms with E-state index in [0.29, 0.717) is 23.4 Å². The largest absolute Gasteiger partial charge is 0.506 e. The van der Waals surface area contributed by atoms with Gasteiger partial charge in [0.15, 0.2) is 0 Å². The number of benzene rings is 1. The standard InChI is InChI=1S/C18H27NO3/c1-4-13-9-10-14(12(2)3)17(11-13)22-18(21)19-15-7-5-6-8-16(15)20/h5-8,12-14,17,20H,4,9-11H2,1-3H3,(H,19,21). The third-order valence-electron chi connectivity index (χ3n) is 4.78. The zero-order valence-electron chi connectivity index (χ0n) is 13.7. The van der Waals surface area contributed by atoms with E-state index < -0.39 is 6.09 Å². The van der Waals surface area contributed by atoms with Crippen LogP contribution in [-0.2, 0) is 4.74 Å². The molecule has 3 unspecified atom stereocenters. The Balaban J connectivity index is 1.99. The minimum absolute atomic E-state index is 0.0374. The molecular weight excluding hydrogens is 278 g/mol. The Morgan fingerprint density at radius 3 is 2.73 bits per heavy atom. The number of carbonyl (C=O) groups excluding carboxylic acids is 1. The molecule has 3 atom stereocenters. The van der Waals surface area contributed by atoms with Gasteiger partial charge in [0.05, 0.1) is 5.69 Å². The SMILES string of the molecule is CCC1CCC(C(C)C)C(OC(=O)Nc2ccccc2O)C1. The minimum atomic E-state index is -0.478. The highest BCUT2D eigenvalue weighted by Gasteiger charge is 2.34. The molecule has 0 saturated heterocycles. The smallest absolute Gasteiger partial charge is 0.412 e. The van der Waals surface area contributed by atoms with Crippen LogP contribution in [0, 0.1) is 17.8 Å². The second-order valence-electron chi connectivity index (χ2n) is 6.58. The van der Waals surface area contributed by atoms with Gasteiger partial charge in [0.1, 0.15) is 11.9 Å². The molecule has 4 nitrogen and oxygen atoms in total. The van der Waals surface area contributed by atoms with E-state index in [9.17, 15) is 9.90 Å². The first-order valence-electron chi connectivity index (χ1n) is 8.26. The van der Waals surface area contributed by atoms with E-state index in [-0.39, 0.29) is 11.9 Å². The maximum Gasteiger partial charge on any atom is 0.412 e. The number of ether oxygens (including phenoxy) is 1. The number of rotatable bonds is 4. The molecule has 2 N–H and O–H groups in total. The molecule has 0 spiro atoms. The average molecular weight is 305 g/mol. The van der Waals surface area contributed by atoms with Gasteiger partial charge in [-0.2, -0.15) is 0 Å². The summed E-state index contributed by atoms with van der Waals surface area (Å²) in [5.41, 5.74) is 0.386. The maximum atomic E-state index is 12.2. The van der Waals surface area contributed by atoms with E-state index in [2.05, 4.69) is 26.1 Å². The molecule has 1 fully saturated rings. The lowest BCUT2D eigenvalue weighted by Crippen LogP contribution is -2.37. The predicted molar refractivity (Wildman–Crippen MR) is 88.0 cm³/mol. The number of hydrogen-bond donors (Lipinski definition) is 2. The Kier molecular flexibility index (Phi) is 5.69. The van der Waals surface area contributed by atoms with Gasteiger partial charge in [-0.25, -0.2) is 4.79 Å². The normalized spacial score (nSPS) is 25.0.